The Kier molecular flexibility index (Phi) is 12.8. The van der Waals surface area contributed by atoms with Crippen molar-refractivity contribution in [3.05, 3.63) is 76.7 Å². The Hall–Kier alpha value is -3.49. The summed E-state index contributed by atoms with van der Waals surface area (Å²) in [6, 6.07) is 14.1. The SMILES string of the molecule is C[C@@H]1CN([C@H](C)CO)C(=O)c2cc(NS(=O)(=O)c3cccs3)ccc2O[C@@H](C)CCCCO[C@@H]1CN(C)Cc1ccc(C(=O)O)cc1. The number of carbonyl (C=O) groups is 2. The molecule has 1 aromatic heterocycles. The summed E-state index contributed by atoms with van der Waals surface area (Å²) in [5.41, 5.74) is 1.63. The summed E-state index contributed by atoms with van der Waals surface area (Å²) in [5.74, 6) is -1.15. The van der Waals surface area contributed by atoms with E-state index in [0.29, 0.717) is 25.4 Å². The quantitative estimate of drug-likeness (QED) is 0.263. The maximum atomic E-state index is 14.3. The van der Waals surface area contributed by atoms with Crippen molar-refractivity contribution >= 4 is 38.9 Å². The first-order valence-electron chi connectivity index (χ1n) is 15.8. The van der Waals surface area contributed by atoms with Gasteiger partial charge in [0.2, 0.25) is 0 Å². The molecule has 2 heterocycles. The Labute approximate surface area is 281 Å². The van der Waals surface area contributed by atoms with Gasteiger partial charge in [-0.1, -0.05) is 25.1 Å². The van der Waals surface area contributed by atoms with Crippen LogP contribution >= 0.6 is 11.3 Å². The minimum absolute atomic E-state index is 0.142. The zero-order valence-electron chi connectivity index (χ0n) is 27.3. The average Bonchev–Trinajstić information content (AvgIpc) is 3.59. The summed E-state index contributed by atoms with van der Waals surface area (Å²) in [7, 11) is -1.88. The Balaban J connectivity index is 1.61. The van der Waals surface area contributed by atoms with Crippen molar-refractivity contribution in [3.8, 4) is 5.75 Å². The predicted octanol–water partition coefficient (Wildman–Crippen LogP) is 5.17. The van der Waals surface area contributed by atoms with Gasteiger partial charge in [-0.25, -0.2) is 13.2 Å². The number of thiophene rings is 1. The number of amides is 1. The van der Waals surface area contributed by atoms with Crippen LogP contribution in [0, 0.1) is 5.92 Å². The number of likely N-dealkylation sites (N-methyl/N-ethyl adjacent to an activating group) is 1. The smallest absolute Gasteiger partial charge is 0.335 e. The Bertz CT molecular complexity index is 1580. The van der Waals surface area contributed by atoms with Crippen LogP contribution in [0.1, 0.15) is 66.3 Å². The number of ether oxygens (including phenoxy) is 2. The highest BCUT2D eigenvalue weighted by Crippen LogP contribution is 2.30. The number of carboxylic acids is 1. The molecule has 13 heteroatoms. The number of carbonyl (C=O) groups excluding carboxylic acids is 1. The predicted molar refractivity (Wildman–Crippen MR) is 182 cm³/mol. The molecular formula is C34H45N3O8S2. The van der Waals surface area contributed by atoms with E-state index in [0.717, 1.165) is 36.2 Å². The number of fused-ring (bicyclic) bond motifs is 1. The number of nitrogens with one attached hydrogen (secondary N) is 1. The van der Waals surface area contributed by atoms with E-state index in [1.54, 1.807) is 59.7 Å². The Morgan fingerprint density at radius 1 is 1.15 bits per heavy atom. The third-order valence-corrected chi connectivity index (χ3v) is 11.0. The summed E-state index contributed by atoms with van der Waals surface area (Å²) in [6.45, 7) is 7.39. The van der Waals surface area contributed by atoms with Crippen molar-refractivity contribution in [1.82, 2.24) is 9.80 Å². The molecule has 4 atom stereocenters. The average molecular weight is 688 g/mol. The van der Waals surface area contributed by atoms with Gasteiger partial charge in [-0.2, -0.15) is 0 Å². The third-order valence-electron chi connectivity index (χ3n) is 8.21. The standard InChI is InChI=1S/C34H45N3O8S2/c1-23-19-37(24(2)22-38)33(39)29-18-28(35-47(42,43)32-9-7-17-46-32)14-15-30(29)45-25(3)8-5-6-16-44-31(23)21-36(4)20-26-10-12-27(13-11-26)34(40)41/h7,9-15,17-18,23-25,31,35,38H,5-6,8,16,19-22H2,1-4H3,(H,40,41)/t23-,24-,25+,31-/m1/s1. The van der Waals surface area contributed by atoms with Gasteiger partial charge < -0.3 is 24.6 Å². The second kappa shape index (κ2) is 16.6. The molecule has 0 radical (unpaired) electrons. The zero-order chi connectivity index (χ0) is 34.1. The van der Waals surface area contributed by atoms with Crippen molar-refractivity contribution < 1.29 is 37.7 Å². The van der Waals surface area contributed by atoms with Crippen LogP contribution in [0.2, 0.25) is 0 Å². The van der Waals surface area contributed by atoms with Crippen LogP contribution in [0.5, 0.6) is 5.75 Å². The summed E-state index contributed by atoms with van der Waals surface area (Å²) >= 11 is 1.10. The molecule has 1 aliphatic heterocycles. The van der Waals surface area contributed by atoms with E-state index >= 15 is 0 Å². The number of benzene rings is 2. The molecule has 1 aliphatic rings. The van der Waals surface area contributed by atoms with E-state index in [4.69, 9.17) is 9.47 Å². The van der Waals surface area contributed by atoms with Gasteiger partial charge in [0.05, 0.1) is 36.0 Å². The van der Waals surface area contributed by atoms with E-state index in [2.05, 4.69) is 9.62 Å². The topological polar surface area (TPSA) is 146 Å². The monoisotopic (exact) mass is 687 g/mol. The number of aliphatic hydroxyl groups excluding tert-OH is 1. The number of anilines is 1. The number of hydrogen-bond acceptors (Lipinski definition) is 9. The van der Waals surface area contributed by atoms with Gasteiger partial charge in [0.15, 0.2) is 0 Å². The summed E-state index contributed by atoms with van der Waals surface area (Å²) in [4.78, 5) is 29.3. The second-order valence-electron chi connectivity index (χ2n) is 12.2. The molecular weight excluding hydrogens is 643 g/mol. The molecule has 0 unspecified atom stereocenters. The van der Waals surface area contributed by atoms with Gasteiger partial charge in [-0.05, 0) is 87.5 Å². The first-order chi connectivity index (χ1) is 22.4. The number of hydrogen-bond donors (Lipinski definition) is 3. The number of aromatic carboxylic acids is 1. The fourth-order valence-electron chi connectivity index (χ4n) is 5.51. The molecule has 4 rings (SSSR count). The minimum atomic E-state index is -3.85. The molecule has 2 aromatic carbocycles. The largest absolute Gasteiger partial charge is 0.490 e. The molecule has 0 bridgehead atoms. The first kappa shape index (κ1) is 36.3. The lowest BCUT2D eigenvalue weighted by Gasteiger charge is -2.36. The molecule has 0 aliphatic carbocycles. The van der Waals surface area contributed by atoms with Gasteiger partial charge in [-0.15, -0.1) is 11.3 Å². The van der Waals surface area contributed by atoms with Crippen molar-refractivity contribution in [2.24, 2.45) is 5.92 Å². The highest BCUT2D eigenvalue weighted by atomic mass is 32.2. The van der Waals surface area contributed by atoms with Gasteiger partial charge >= 0.3 is 5.97 Å². The zero-order valence-corrected chi connectivity index (χ0v) is 28.9. The van der Waals surface area contributed by atoms with Gasteiger partial charge in [0, 0.05) is 37.8 Å². The van der Waals surface area contributed by atoms with Crippen LogP contribution in [-0.4, -0.2) is 91.9 Å². The normalized spacial score (nSPS) is 20.6. The summed E-state index contributed by atoms with van der Waals surface area (Å²) in [6.07, 6.45) is 1.94. The van der Waals surface area contributed by atoms with E-state index in [-0.39, 0.29) is 58.2 Å². The molecule has 3 N–H and O–H groups in total. The third kappa shape index (κ3) is 10.0. The summed E-state index contributed by atoms with van der Waals surface area (Å²) < 4.78 is 41.4. The van der Waals surface area contributed by atoms with Crippen LogP contribution in [0.3, 0.4) is 0 Å². The number of rotatable bonds is 10. The van der Waals surface area contributed by atoms with E-state index in [1.807, 2.05) is 20.9 Å². The molecule has 47 heavy (non-hydrogen) atoms. The van der Waals surface area contributed by atoms with Crippen LogP contribution in [0.4, 0.5) is 5.69 Å². The van der Waals surface area contributed by atoms with Crippen LogP contribution in [-0.2, 0) is 21.3 Å². The maximum Gasteiger partial charge on any atom is 0.335 e. The number of sulfonamides is 1. The second-order valence-corrected chi connectivity index (χ2v) is 15.1. The molecule has 0 fully saturated rings. The molecule has 0 saturated heterocycles. The first-order valence-corrected chi connectivity index (χ1v) is 18.2. The van der Waals surface area contributed by atoms with Gasteiger partial charge in [-0.3, -0.25) is 14.4 Å². The fourth-order valence-corrected chi connectivity index (χ4v) is 7.55. The van der Waals surface area contributed by atoms with Crippen molar-refractivity contribution in [1.29, 1.82) is 0 Å². The van der Waals surface area contributed by atoms with Gasteiger partial charge in [0.1, 0.15) is 9.96 Å². The van der Waals surface area contributed by atoms with Crippen molar-refractivity contribution in [2.45, 2.75) is 69.0 Å². The lowest BCUT2D eigenvalue weighted by Crippen LogP contribution is -2.47. The molecule has 0 saturated carbocycles. The molecule has 256 valence electrons. The lowest BCUT2D eigenvalue weighted by atomic mass is 10.0. The number of nitrogens with zero attached hydrogens (tertiary/aromatic N) is 2. The maximum absolute atomic E-state index is 14.3. The minimum Gasteiger partial charge on any atom is -0.490 e. The number of aliphatic hydroxyl groups is 1. The molecule has 1 amide bonds. The van der Waals surface area contributed by atoms with Crippen LogP contribution < -0.4 is 9.46 Å². The van der Waals surface area contributed by atoms with E-state index < -0.39 is 22.0 Å². The number of carboxylic acid groups (broad SMARTS) is 1. The van der Waals surface area contributed by atoms with Crippen molar-refractivity contribution in [3.63, 3.8) is 0 Å². The highest BCUT2D eigenvalue weighted by Gasteiger charge is 2.31. The van der Waals surface area contributed by atoms with Crippen LogP contribution in [0.25, 0.3) is 0 Å². The molecule has 3 aromatic rings. The van der Waals surface area contributed by atoms with E-state index in [1.165, 1.54) is 12.1 Å². The molecule has 0 spiro atoms. The lowest BCUT2D eigenvalue weighted by molar-refractivity contribution is -0.0177. The Morgan fingerprint density at radius 3 is 2.55 bits per heavy atom. The Morgan fingerprint density at radius 2 is 1.89 bits per heavy atom. The van der Waals surface area contributed by atoms with Crippen LogP contribution in [0.15, 0.2) is 64.2 Å². The highest BCUT2D eigenvalue weighted by molar-refractivity contribution is 7.94. The van der Waals surface area contributed by atoms with E-state index in [9.17, 15) is 28.2 Å². The summed E-state index contributed by atoms with van der Waals surface area (Å²) in [5, 5.41) is 21.1. The molecule has 11 nitrogen and oxygen atoms in total. The van der Waals surface area contributed by atoms with Crippen molar-refractivity contribution in [2.75, 3.05) is 38.1 Å². The van der Waals surface area contributed by atoms with Gasteiger partial charge in [0.25, 0.3) is 15.9 Å². The fraction of sp³-hybridized carbons (Fsp3) is 0.471.